The molecule has 2 heterocycles. The number of anilines is 2. The van der Waals surface area contributed by atoms with Crippen molar-refractivity contribution in [1.29, 1.82) is 0 Å². The van der Waals surface area contributed by atoms with Gasteiger partial charge in [-0.05, 0) is 54.4 Å². The molecule has 3 N–H and O–H groups in total. The maximum Gasteiger partial charge on any atom is 0.258 e. The van der Waals surface area contributed by atoms with Crippen molar-refractivity contribution in [2.24, 2.45) is 0 Å². The number of carbonyl (C=O) groups is 3. The number of nitrogens with zero attached hydrogens (tertiary/aromatic N) is 1. The van der Waals surface area contributed by atoms with Crippen molar-refractivity contribution in [3.05, 3.63) is 106 Å². The Morgan fingerprint density at radius 1 is 0.914 bits per heavy atom. The summed E-state index contributed by atoms with van der Waals surface area (Å²) in [6.07, 6.45) is 2.17. The lowest BCUT2D eigenvalue weighted by atomic mass is 10.1. The van der Waals surface area contributed by atoms with Crippen molar-refractivity contribution >= 4 is 40.0 Å². The topological polar surface area (TPSA) is 111 Å². The Bertz CT molecular complexity index is 1510. The Morgan fingerprint density at radius 3 is 2.49 bits per heavy atom. The van der Waals surface area contributed by atoms with Crippen LogP contribution in [0.4, 0.5) is 11.4 Å². The number of amides is 3. The Hall–Kier alpha value is -4.72. The minimum atomic E-state index is -0.640. The highest BCUT2D eigenvalue weighted by Gasteiger charge is 2.25. The zero-order valence-electron chi connectivity index (χ0n) is 18.7. The van der Waals surface area contributed by atoms with Crippen molar-refractivity contribution in [2.75, 3.05) is 23.3 Å². The molecule has 1 aliphatic heterocycles. The lowest BCUT2D eigenvalue weighted by Crippen LogP contribution is -2.35. The highest BCUT2D eigenvalue weighted by Crippen LogP contribution is 2.29. The molecule has 174 valence electrons. The minimum absolute atomic E-state index is 0.0668. The first kappa shape index (κ1) is 22.1. The lowest BCUT2D eigenvalue weighted by Gasteiger charge is -2.17. The van der Waals surface area contributed by atoms with Gasteiger partial charge in [0.1, 0.15) is 5.56 Å². The molecule has 3 aromatic carbocycles. The van der Waals surface area contributed by atoms with Gasteiger partial charge < -0.3 is 20.5 Å². The van der Waals surface area contributed by atoms with Gasteiger partial charge in [0, 0.05) is 40.6 Å². The van der Waals surface area contributed by atoms with E-state index in [9.17, 15) is 19.2 Å². The molecule has 0 unspecified atom stereocenters. The van der Waals surface area contributed by atoms with E-state index in [1.807, 2.05) is 24.3 Å². The number of fused-ring (bicyclic) bond motifs is 2. The van der Waals surface area contributed by atoms with E-state index in [-0.39, 0.29) is 18.0 Å². The van der Waals surface area contributed by atoms with Gasteiger partial charge in [-0.2, -0.15) is 0 Å². The van der Waals surface area contributed by atoms with Crippen LogP contribution >= 0.6 is 0 Å². The third-order valence-corrected chi connectivity index (χ3v) is 5.99. The van der Waals surface area contributed by atoms with E-state index in [0.29, 0.717) is 28.7 Å². The van der Waals surface area contributed by atoms with Gasteiger partial charge >= 0.3 is 0 Å². The number of aromatic nitrogens is 1. The fraction of sp³-hybridized carbons (Fsp3) is 0.111. The van der Waals surface area contributed by atoms with Gasteiger partial charge in [0.2, 0.25) is 11.3 Å². The molecular weight excluding hydrogens is 444 g/mol. The second kappa shape index (κ2) is 9.26. The predicted molar refractivity (Wildman–Crippen MR) is 134 cm³/mol. The van der Waals surface area contributed by atoms with Crippen LogP contribution in [0.1, 0.15) is 26.3 Å². The van der Waals surface area contributed by atoms with Crippen molar-refractivity contribution < 1.29 is 14.4 Å². The summed E-state index contributed by atoms with van der Waals surface area (Å²) in [5.41, 5.74) is 3.24. The average Bonchev–Trinajstić information content (AvgIpc) is 3.32. The van der Waals surface area contributed by atoms with Crippen LogP contribution in [-0.2, 0) is 11.2 Å². The van der Waals surface area contributed by atoms with E-state index < -0.39 is 17.2 Å². The summed E-state index contributed by atoms with van der Waals surface area (Å²) in [7, 11) is 0. The summed E-state index contributed by atoms with van der Waals surface area (Å²) in [4.78, 5) is 54.9. The standard InChI is InChI=1S/C27H22N4O4/c32-24(16-29-26(34)21-15-28-22-7-3-2-6-20(22)25(21)33)30-19-11-9-18(10-12-19)27(35)31-14-13-17-5-1-4-8-23(17)31/h1-12,15H,13-14,16H2,(H,28,33)(H,29,34)(H,30,32). The highest BCUT2D eigenvalue weighted by molar-refractivity contribution is 6.07. The molecule has 0 aliphatic carbocycles. The molecule has 0 fully saturated rings. The number of carbonyl (C=O) groups excluding carboxylic acids is 3. The van der Waals surface area contributed by atoms with Gasteiger partial charge in [0.25, 0.3) is 11.8 Å². The van der Waals surface area contributed by atoms with Crippen LogP contribution in [0.25, 0.3) is 10.9 Å². The molecule has 1 aliphatic rings. The summed E-state index contributed by atoms with van der Waals surface area (Å²) in [5.74, 6) is -1.19. The zero-order chi connectivity index (χ0) is 24.4. The van der Waals surface area contributed by atoms with Gasteiger partial charge in [-0.25, -0.2) is 0 Å². The van der Waals surface area contributed by atoms with E-state index in [4.69, 9.17) is 0 Å². The maximum absolute atomic E-state index is 12.9. The highest BCUT2D eigenvalue weighted by atomic mass is 16.2. The molecule has 8 heteroatoms. The van der Waals surface area contributed by atoms with Crippen LogP contribution in [0, 0.1) is 0 Å². The number of aromatic amines is 1. The van der Waals surface area contributed by atoms with Crippen molar-refractivity contribution in [3.8, 4) is 0 Å². The van der Waals surface area contributed by atoms with Gasteiger partial charge in [-0.15, -0.1) is 0 Å². The van der Waals surface area contributed by atoms with E-state index in [2.05, 4.69) is 15.6 Å². The molecule has 1 aromatic heterocycles. The molecular formula is C27H22N4O4. The van der Waals surface area contributed by atoms with E-state index >= 15 is 0 Å². The molecule has 5 rings (SSSR count). The molecule has 0 bridgehead atoms. The fourth-order valence-corrected chi connectivity index (χ4v) is 4.20. The van der Waals surface area contributed by atoms with Gasteiger partial charge in [0.05, 0.1) is 6.54 Å². The molecule has 35 heavy (non-hydrogen) atoms. The number of hydrogen-bond donors (Lipinski definition) is 3. The molecule has 3 amide bonds. The van der Waals surface area contributed by atoms with E-state index in [1.165, 1.54) is 6.20 Å². The molecule has 0 atom stereocenters. The number of H-pyrrole nitrogens is 1. The van der Waals surface area contributed by atoms with Gasteiger partial charge in [-0.3, -0.25) is 19.2 Å². The number of benzene rings is 3. The first-order chi connectivity index (χ1) is 17.0. The van der Waals surface area contributed by atoms with Crippen LogP contribution in [0.15, 0.2) is 83.8 Å². The average molecular weight is 466 g/mol. The van der Waals surface area contributed by atoms with Crippen LogP contribution in [-0.4, -0.2) is 35.8 Å². The molecule has 0 spiro atoms. The Labute approximate surface area is 200 Å². The zero-order valence-corrected chi connectivity index (χ0v) is 18.7. The molecule has 0 saturated heterocycles. The summed E-state index contributed by atoms with van der Waals surface area (Å²) >= 11 is 0. The fourth-order valence-electron chi connectivity index (χ4n) is 4.20. The Balaban J connectivity index is 1.19. The van der Waals surface area contributed by atoms with Crippen LogP contribution in [0.2, 0.25) is 0 Å². The van der Waals surface area contributed by atoms with Crippen LogP contribution in [0.5, 0.6) is 0 Å². The third-order valence-electron chi connectivity index (χ3n) is 5.99. The quantitative estimate of drug-likeness (QED) is 0.420. The first-order valence-electron chi connectivity index (χ1n) is 11.2. The Kier molecular flexibility index (Phi) is 5.85. The number of rotatable bonds is 5. The predicted octanol–water partition coefficient (Wildman–Crippen LogP) is 3.10. The third kappa shape index (κ3) is 4.41. The first-order valence-corrected chi connectivity index (χ1v) is 11.2. The number of para-hydroxylation sites is 2. The number of hydrogen-bond acceptors (Lipinski definition) is 4. The normalized spacial score (nSPS) is 12.3. The van der Waals surface area contributed by atoms with Crippen molar-refractivity contribution in [3.63, 3.8) is 0 Å². The van der Waals surface area contributed by atoms with Crippen molar-refractivity contribution in [2.45, 2.75) is 6.42 Å². The maximum atomic E-state index is 12.9. The van der Waals surface area contributed by atoms with Gasteiger partial charge in [0.15, 0.2) is 0 Å². The SMILES string of the molecule is O=C(CNC(=O)c1c[nH]c2ccccc2c1=O)Nc1ccc(C(=O)N2CCc3ccccc32)cc1. The summed E-state index contributed by atoms with van der Waals surface area (Å²) in [6.45, 7) is 0.326. The number of pyridine rings is 1. The lowest BCUT2D eigenvalue weighted by molar-refractivity contribution is -0.115. The summed E-state index contributed by atoms with van der Waals surface area (Å²) in [6, 6.07) is 21.3. The number of nitrogens with one attached hydrogen (secondary N) is 3. The molecule has 0 saturated carbocycles. The largest absolute Gasteiger partial charge is 0.360 e. The second-order valence-electron chi connectivity index (χ2n) is 8.22. The van der Waals surface area contributed by atoms with Gasteiger partial charge in [-0.1, -0.05) is 30.3 Å². The van der Waals surface area contributed by atoms with E-state index in [1.54, 1.807) is 53.4 Å². The molecule has 4 aromatic rings. The minimum Gasteiger partial charge on any atom is -0.360 e. The molecule has 8 nitrogen and oxygen atoms in total. The summed E-state index contributed by atoms with van der Waals surface area (Å²) in [5, 5.41) is 5.55. The van der Waals surface area contributed by atoms with Crippen LogP contribution in [0.3, 0.4) is 0 Å². The second-order valence-corrected chi connectivity index (χ2v) is 8.22. The monoisotopic (exact) mass is 466 g/mol. The van der Waals surface area contributed by atoms with E-state index in [0.717, 1.165) is 17.7 Å². The Morgan fingerprint density at radius 2 is 1.66 bits per heavy atom. The summed E-state index contributed by atoms with van der Waals surface area (Å²) < 4.78 is 0. The smallest absolute Gasteiger partial charge is 0.258 e. The van der Waals surface area contributed by atoms with Crippen molar-refractivity contribution in [1.82, 2.24) is 10.3 Å². The molecule has 0 radical (unpaired) electrons. The van der Waals surface area contributed by atoms with Crippen LogP contribution < -0.4 is 21.0 Å².